The lowest BCUT2D eigenvalue weighted by Crippen LogP contribution is -2.49. The number of nitrogens with zero attached hydrogens (tertiary/aromatic N) is 2. The van der Waals surface area contributed by atoms with Crippen LogP contribution < -0.4 is 0 Å². The Morgan fingerprint density at radius 1 is 0.733 bits per heavy atom. The van der Waals surface area contributed by atoms with Crippen LogP contribution in [0.4, 0.5) is 0 Å². The fourth-order valence-corrected chi connectivity index (χ4v) is 4.31. The molecular weight excluding hydrogens is 439 g/mol. The van der Waals surface area contributed by atoms with E-state index >= 15 is 0 Å². The fourth-order valence-electron chi connectivity index (χ4n) is 3.89. The second-order valence-corrected chi connectivity index (χ2v) is 8.57. The van der Waals surface area contributed by atoms with E-state index in [1.165, 1.54) is 11.1 Å². The van der Waals surface area contributed by atoms with Gasteiger partial charge < -0.3 is 4.90 Å². The molecule has 3 aromatic rings. The number of amides is 1. The molecule has 1 amide bonds. The van der Waals surface area contributed by atoms with E-state index in [1.54, 1.807) is 18.2 Å². The number of benzene rings is 3. The van der Waals surface area contributed by atoms with E-state index in [-0.39, 0.29) is 11.9 Å². The number of piperazine rings is 1. The van der Waals surface area contributed by atoms with Gasteiger partial charge in [-0.25, -0.2) is 0 Å². The summed E-state index contributed by atoms with van der Waals surface area (Å²) >= 11 is 18.2. The van der Waals surface area contributed by atoms with E-state index < -0.39 is 0 Å². The van der Waals surface area contributed by atoms with Gasteiger partial charge in [-0.3, -0.25) is 9.69 Å². The number of halogens is 3. The first-order valence-electron chi connectivity index (χ1n) is 9.82. The van der Waals surface area contributed by atoms with Gasteiger partial charge in [-0.05, 0) is 41.5 Å². The Labute approximate surface area is 191 Å². The second kappa shape index (κ2) is 9.40. The molecule has 6 heteroatoms. The highest BCUT2D eigenvalue weighted by molar-refractivity contribution is 6.42. The highest BCUT2D eigenvalue weighted by Crippen LogP contribution is 2.31. The summed E-state index contributed by atoms with van der Waals surface area (Å²) in [5.74, 6) is -0.0176. The molecule has 0 aromatic heterocycles. The standard InChI is InChI=1S/C24H21Cl3N2O/c25-20-9-6-18(7-10-20)23(17-4-2-1-3-5-17)28-12-14-29(15-13-28)24(30)19-8-11-21(26)22(27)16-19/h1-11,16,23H,12-15H2. The minimum Gasteiger partial charge on any atom is -0.336 e. The molecule has 1 fully saturated rings. The van der Waals surface area contributed by atoms with Crippen molar-refractivity contribution >= 4 is 40.7 Å². The third-order valence-corrected chi connectivity index (χ3v) is 6.43. The van der Waals surface area contributed by atoms with Gasteiger partial charge in [-0.15, -0.1) is 0 Å². The Hall–Kier alpha value is -2.04. The van der Waals surface area contributed by atoms with E-state index in [4.69, 9.17) is 34.8 Å². The molecule has 0 N–H and O–H groups in total. The Balaban J connectivity index is 1.52. The molecule has 1 aliphatic rings. The molecular formula is C24H21Cl3N2O. The third-order valence-electron chi connectivity index (χ3n) is 5.43. The van der Waals surface area contributed by atoms with Gasteiger partial charge >= 0.3 is 0 Å². The molecule has 30 heavy (non-hydrogen) atoms. The van der Waals surface area contributed by atoms with Crippen molar-refractivity contribution in [2.24, 2.45) is 0 Å². The number of hydrogen-bond donors (Lipinski definition) is 0. The number of rotatable bonds is 4. The quantitative estimate of drug-likeness (QED) is 0.464. The molecule has 3 nitrogen and oxygen atoms in total. The summed E-state index contributed by atoms with van der Waals surface area (Å²) in [5.41, 5.74) is 2.98. The predicted octanol–water partition coefficient (Wildman–Crippen LogP) is 6.19. The van der Waals surface area contributed by atoms with Crippen molar-refractivity contribution in [1.29, 1.82) is 0 Å². The van der Waals surface area contributed by atoms with Crippen LogP contribution in [0.1, 0.15) is 27.5 Å². The van der Waals surface area contributed by atoms with Crippen LogP contribution in [0.2, 0.25) is 15.1 Å². The summed E-state index contributed by atoms with van der Waals surface area (Å²) in [6.45, 7) is 2.84. The van der Waals surface area contributed by atoms with Gasteiger partial charge in [0.25, 0.3) is 5.91 Å². The molecule has 4 rings (SSSR count). The molecule has 0 saturated carbocycles. The number of carbonyl (C=O) groups is 1. The van der Waals surface area contributed by atoms with Gasteiger partial charge in [0.15, 0.2) is 0 Å². The summed E-state index contributed by atoms with van der Waals surface area (Å²) in [6.07, 6.45) is 0. The summed E-state index contributed by atoms with van der Waals surface area (Å²) in [6, 6.07) is 23.6. The molecule has 154 valence electrons. The zero-order valence-corrected chi connectivity index (χ0v) is 18.5. The minimum atomic E-state index is -0.0176. The smallest absolute Gasteiger partial charge is 0.253 e. The van der Waals surface area contributed by atoms with E-state index in [1.807, 2.05) is 23.1 Å². The summed E-state index contributed by atoms with van der Waals surface area (Å²) in [7, 11) is 0. The molecule has 0 bridgehead atoms. The van der Waals surface area contributed by atoms with E-state index in [0.29, 0.717) is 28.7 Å². The minimum absolute atomic E-state index is 0.0176. The molecule has 1 atom stereocenters. The van der Waals surface area contributed by atoms with Crippen molar-refractivity contribution in [3.63, 3.8) is 0 Å². The van der Waals surface area contributed by atoms with Crippen LogP contribution in [0.3, 0.4) is 0 Å². The molecule has 0 spiro atoms. The monoisotopic (exact) mass is 458 g/mol. The van der Waals surface area contributed by atoms with Crippen LogP contribution in [0.15, 0.2) is 72.8 Å². The van der Waals surface area contributed by atoms with Crippen LogP contribution in [-0.4, -0.2) is 41.9 Å². The van der Waals surface area contributed by atoms with Crippen molar-refractivity contribution in [3.05, 3.63) is 105 Å². The zero-order valence-electron chi connectivity index (χ0n) is 16.3. The molecule has 1 saturated heterocycles. The van der Waals surface area contributed by atoms with E-state index in [9.17, 15) is 4.79 Å². The first-order chi connectivity index (χ1) is 14.5. The van der Waals surface area contributed by atoms with E-state index in [0.717, 1.165) is 18.1 Å². The van der Waals surface area contributed by atoms with Gasteiger partial charge in [0.05, 0.1) is 16.1 Å². The lowest BCUT2D eigenvalue weighted by atomic mass is 9.96. The second-order valence-electron chi connectivity index (χ2n) is 7.32. The number of carbonyl (C=O) groups excluding carboxylic acids is 1. The van der Waals surface area contributed by atoms with Crippen LogP contribution in [0.25, 0.3) is 0 Å². The van der Waals surface area contributed by atoms with Crippen molar-refractivity contribution in [1.82, 2.24) is 9.80 Å². The van der Waals surface area contributed by atoms with Crippen molar-refractivity contribution in [2.75, 3.05) is 26.2 Å². The van der Waals surface area contributed by atoms with Crippen molar-refractivity contribution in [3.8, 4) is 0 Å². The first-order valence-corrected chi connectivity index (χ1v) is 10.9. The first kappa shape index (κ1) is 21.2. The molecule has 1 unspecified atom stereocenters. The highest BCUT2D eigenvalue weighted by Gasteiger charge is 2.28. The maximum absolute atomic E-state index is 12.9. The summed E-state index contributed by atoms with van der Waals surface area (Å²) < 4.78 is 0. The van der Waals surface area contributed by atoms with Crippen LogP contribution >= 0.6 is 34.8 Å². The topological polar surface area (TPSA) is 23.6 Å². The lowest BCUT2D eigenvalue weighted by Gasteiger charge is -2.40. The molecule has 0 aliphatic carbocycles. The van der Waals surface area contributed by atoms with Gasteiger partial charge in [0.2, 0.25) is 0 Å². The van der Waals surface area contributed by atoms with Crippen LogP contribution in [0.5, 0.6) is 0 Å². The van der Waals surface area contributed by atoms with Gasteiger partial charge in [0.1, 0.15) is 0 Å². The van der Waals surface area contributed by atoms with Gasteiger partial charge in [0, 0.05) is 36.8 Å². The average Bonchev–Trinajstić information content (AvgIpc) is 2.78. The maximum Gasteiger partial charge on any atom is 0.253 e. The maximum atomic E-state index is 12.9. The van der Waals surface area contributed by atoms with Crippen LogP contribution in [0, 0.1) is 0 Å². The van der Waals surface area contributed by atoms with Gasteiger partial charge in [-0.1, -0.05) is 77.3 Å². The predicted molar refractivity (Wildman–Crippen MR) is 124 cm³/mol. The SMILES string of the molecule is O=C(c1ccc(Cl)c(Cl)c1)N1CCN(C(c2ccccc2)c2ccc(Cl)cc2)CC1. The molecule has 0 radical (unpaired) electrons. The lowest BCUT2D eigenvalue weighted by molar-refractivity contribution is 0.0597. The van der Waals surface area contributed by atoms with Crippen molar-refractivity contribution in [2.45, 2.75) is 6.04 Å². The van der Waals surface area contributed by atoms with Gasteiger partial charge in [-0.2, -0.15) is 0 Å². The Kier molecular flexibility index (Phi) is 6.64. The average molecular weight is 460 g/mol. The zero-order chi connectivity index (χ0) is 21.1. The van der Waals surface area contributed by atoms with Crippen LogP contribution in [-0.2, 0) is 0 Å². The largest absolute Gasteiger partial charge is 0.336 e. The Bertz CT molecular complexity index is 1020. The molecule has 1 aliphatic heterocycles. The summed E-state index contributed by atoms with van der Waals surface area (Å²) in [5, 5.41) is 1.57. The fraction of sp³-hybridized carbons (Fsp3) is 0.208. The Morgan fingerprint density at radius 2 is 1.37 bits per heavy atom. The highest BCUT2D eigenvalue weighted by atomic mass is 35.5. The Morgan fingerprint density at radius 3 is 2.00 bits per heavy atom. The van der Waals surface area contributed by atoms with E-state index in [2.05, 4.69) is 41.3 Å². The van der Waals surface area contributed by atoms with Crippen molar-refractivity contribution < 1.29 is 4.79 Å². The third kappa shape index (κ3) is 4.65. The summed E-state index contributed by atoms with van der Waals surface area (Å²) in [4.78, 5) is 17.2. The number of hydrogen-bond acceptors (Lipinski definition) is 2. The molecule has 3 aromatic carbocycles. The molecule has 1 heterocycles. The normalized spacial score (nSPS) is 15.8.